The average molecular weight is 500 g/mol. The molecule has 1 aromatic rings. The van der Waals surface area contributed by atoms with Crippen LogP contribution in [-0.2, 0) is 10.2 Å². The van der Waals surface area contributed by atoms with Gasteiger partial charge in [-0.25, -0.2) is 0 Å². The minimum absolute atomic E-state index is 0.109. The first-order chi connectivity index (χ1) is 14.4. The van der Waals surface area contributed by atoms with E-state index in [4.69, 9.17) is 4.74 Å². The zero-order valence-electron chi connectivity index (χ0n) is 17.0. The fraction of sp³-hybridized carbons (Fsp3) is 0.381. The summed E-state index contributed by atoms with van der Waals surface area (Å²) in [6, 6.07) is 4.87. The van der Waals surface area contributed by atoms with Crippen molar-refractivity contribution in [3.63, 3.8) is 0 Å². The van der Waals surface area contributed by atoms with E-state index in [0.29, 0.717) is 33.5 Å². The Morgan fingerprint density at radius 1 is 1.32 bits per heavy atom. The summed E-state index contributed by atoms with van der Waals surface area (Å²) in [5.74, 6) is -1.23. The number of carbonyl (C=O) groups is 1. The number of halogens is 4. The molecule has 0 aromatic heterocycles. The van der Waals surface area contributed by atoms with Gasteiger partial charge in [0.15, 0.2) is 0 Å². The minimum Gasteiger partial charge on any atom is -0.496 e. The number of alkyl halides is 3. The van der Waals surface area contributed by atoms with Crippen molar-refractivity contribution in [3.05, 3.63) is 51.7 Å². The Morgan fingerprint density at radius 3 is 2.68 bits per heavy atom. The maximum Gasteiger partial charge on any atom is 0.426 e. The Hall–Kier alpha value is -2.46. The van der Waals surface area contributed by atoms with Crippen LogP contribution in [0.2, 0.25) is 0 Å². The molecular weight excluding hydrogens is 479 g/mol. The van der Waals surface area contributed by atoms with Crippen molar-refractivity contribution in [3.8, 4) is 5.75 Å². The first-order valence-corrected chi connectivity index (χ1v) is 10.1. The molecule has 1 unspecified atom stereocenters. The quantitative estimate of drug-likeness (QED) is 0.615. The highest BCUT2D eigenvalue weighted by Crippen LogP contribution is 2.44. The molecule has 2 aliphatic rings. The fourth-order valence-electron chi connectivity index (χ4n) is 3.64. The van der Waals surface area contributed by atoms with Crippen molar-refractivity contribution in [2.75, 3.05) is 7.11 Å². The lowest BCUT2D eigenvalue weighted by atomic mass is 9.74. The molecule has 1 aliphatic heterocycles. The monoisotopic (exact) mass is 499 g/mol. The van der Waals surface area contributed by atoms with Crippen LogP contribution < -0.4 is 10.1 Å². The lowest BCUT2D eigenvalue weighted by Crippen LogP contribution is -2.59. The van der Waals surface area contributed by atoms with Gasteiger partial charge in [0.05, 0.1) is 24.7 Å². The molecule has 0 spiro atoms. The van der Waals surface area contributed by atoms with Gasteiger partial charge in [0.2, 0.25) is 5.60 Å². The normalized spacial score (nSPS) is 17.9. The molecule has 3 rings (SSSR count). The molecule has 1 amide bonds. The topological polar surface area (TPSA) is 83.3 Å². The van der Waals surface area contributed by atoms with E-state index in [1.807, 2.05) is 0 Å². The highest BCUT2D eigenvalue weighted by atomic mass is 79.9. The smallest absolute Gasteiger partial charge is 0.426 e. The number of benzene rings is 1. The predicted molar refractivity (Wildman–Crippen MR) is 114 cm³/mol. The summed E-state index contributed by atoms with van der Waals surface area (Å²) in [7, 11) is 1.40. The standard InChI is InChI=1S/C21H21BrF3N3O3/c1-19(2,14-8-7-12(22)9-17(14)31-3)11-20(30,21(23,24)25)18(29)27-15-5-4-6-16-13(15)10-26-28-16/h4-5,7-10,30H,6,11H2,1-3H3,(H,27,29). The number of nitrogens with zero attached hydrogens (tertiary/aromatic N) is 2. The summed E-state index contributed by atoms with van der Waals surface area (Å²) in [6.07, 6.45) is -1.21. The molecule has 10 heteroatoms. The van der Waals surface area contributed by atoms with E-state index >= 15 is 0 Å². The molecular formula is C21H21BrF3N3O3. The maximum atomic E-state index is 14.0. The molecule has 1 aromatic carbocycles. The molecule has 166 valence electrons. The summed E-state index contributed by atoms with van der Waals surface area (Å²) in [6.45, 7) is 3.03. The second-order valence-electron chi connectivity index (χ2n) is 7.94. The van der Waals surface area contributed by atoms with Gasteiger partial charge in [0, 0.05) is 22.9 Å². The van der Waals surface area contributed by atoms with Crippen LogP contribution in [0.5, 0.6) is 5.75 Å². The van der Waals surface area contributed by atoms with Gasteiger partial charge >= 0.3 is 6.18 Å². The van der Waals surface area contributed by atoms with Crippen LogP contribution in [0.25, 0.3) is 0 Å². The largest absolute Gasteiger partial charge is 0.496 e. The van der Waals surface area contributed by atoms with Gasteiger partial charge in [-0.05, 0) is 29.2 Å². The van der Waals surface area contributed by atoms with Crippen molar-refractivity contribution >= 4 is 33.8 Å². The van der Waals surface area contributed by atoms with E-state index in [2.05, 4.69) is 31.4 Å². The van der Waals surface area contributed by atoms with Crippen LogP contribution in [0, 0.1) is 0 Å². The van der Waals surface area contributed by atoms with Gasteiger partial charge in [0.25, 0.3) is 5.91 Å². The van der Waals surface area contributed by atoms with Crippen molar-refractivity contribution in [1.82, 2.24) is 5.32 Å². The van der Waals surface area contributed by atoms with Crippen LogP contribution in [0.15, 0.2) is 56.3 Å². The minimum atomic E-state index is -5.22. The number of nitrogens with one attached hydrogen (secondary N) is 1. The van der Waals surface area contributed by atoms with Crippen LogP contribution in [0.4, 0.5) is 13.2 Å². The summed E-state index contributed by atoms with van der Waals surface area (Å²) < 4.78 is 48.1. The Balaban J connectivity index is 1.96. The molecule has 1 heterocycles. The molecule has 2 N–H and O–H groups in total. The van der Waals surface area contributed by atoms with Gasteiger partial charge in [0.1, 0.15) is 5.75 Å². The van der Waals surface area contributed by atoms with Crippen LogP contribution in [-0.4, -0.2) is 41.8 Å². The Kier molecular flexibility index (Phi) is 6.16. The molecule has 6 nitrogen and oxygen atoms in total. The molecule has 1 aliphatic carbocycles. The van der Waals surface area contributed by atoms with Gasteiger partial charge in [-0.3, -0.25) is 4.79 Å². The van der Waals surface area contributed by atoms with E-state index in [1.54, 1.807) is 24.3 Å². The van der Waals surface area contributed by atoms with Gasteiger partial charge < -0.3 is 15.2 Å². The number of carbonyl (C=O) groups excluding carboxylic acids is 1. The van der Waals surface area contributed by atoms with Gasteiger partial charge in [-0.15, -0.1) is 0 Å². The molecule has 0 saturated carbocycles. The summed E-state index contributed by atoms with van der Waals surface area (Å²) in [5, 5.41) is 20.5. The molecule has 0 fully saturated rings. The van der Waals surface area contributed by atoms with E-state index < -0.39 is 29.5 Å². The molecule has 0 radical (unpaired) electrons. The highest BCUT2D eigenvalue weighted by Gasteiger charge is 2.61. The number of ether oxygens (including phenoxy) is 1. The number of aliphatic hydroxyl groups is 1. The first kappa shape index (κ1) is 23.2. The van der Waals surface area contributed by atoms with Crippen LogP contribution in [0.3, 0.4) is 0 Å². The SMILES string of the molecule is COc1cc(Br)ccc1C(C)(C)CC(O)(C(=O)NC1=C2C=NN=C2CC=C1)C(F)(F)F. The number of amides is 1. The summed E-state index contributed by atoms with van der Waals surface area (Å²) >= 11 is 3.29. The maximum absolute atomic E-state index is 14.0. The molecule has 0 bridgehead atoms. The summed E-state index contributed by atoms with van der Waals surface area (Å²) in [5.41, 5.74) is -3.43. The van der Waals surface area contributed by atoms with Crippen molar-refractivity contribution in [2.45, 2.75) is 43.9 Å². The number of hydrogen-bond acceptors (Lipinski definition) is 5. The third kappa shape index (κ3) is 4.45. The predicted octanol–water partition coefficient (Wildman–Crippen LogP) is 4.19. The number of hydrogen-bond donors (Lipinski definition) is 2. The van der Waals surface area contributed by atoms with E-state index in [-0.39, 0.29) is 5.70 Å². The fourth-order valence-corrected chi connectivity index (χ4v) is 3.98. The third-order valence-electron chi connectivity index (χ3n) is 5.25. The second kappa shape index (κ2) is 8.23. The zero-order chi connectivity index (χ0) is 23.0. The van der Waals surface area contributed by atoms with E-state index in [0.717, 1.165) is 0 Å². The molecule has 0 saturated heterocycles. The Labute approximate surface area is 185 Å². The van der Waals surface area contributed by atoms with Crippen LogP contribution >= 0.6 is 15.9 Å². The van der Waals surface area contributed by atoms with Gasteiger partial charge in [-0.2, -0.15) is 23.4 Å². The number of allylic oxidation sites excluding steroid dienone is 3. The third-order valence-corrected chi connectivity index (χ3v) is 5.74. The van der Waals surface area contributed by atoms with Gasteiger partial charge in [-0.1, -0.05) is 41.9 Å². The lowest BCUT2D eigenvalue weighted by Gasteiger charge is -2.37. The van der Waals surface area contributed by atoms with E-state index in [1.165, 1.54) is 33.2 Å². The van der Waals surface area contributed by atoms with Crippen molar-refractivity contribution in [2.24, 2.45) is 10.2 Å². The summed E-state index contributed by atoms with van der Waals surface area (Å²) in [4.78, 5) is 12.8. The van der Waals surface area contributed by atoms with E-state index in [9.17, 15) is 23.1 Å². The van der Waals surface area contributed by atoms with Crippen LogP contribution in [0.1, 0.15) is 32.3 Å². The number of methoxy groups -OCH3 is 1. The van der Waals surface area contributed by atoms with Crippen molar-refractivity contribution < 1.29 is 27.8 Å². The lowest BCUT2D eigenvalue weighted by molar-refractivity contribution is -0.257. The Bertz CT molecular complexity index is 1030. The molecule has 31 heavy (non-hydrogen) atoms. The second-order valence-corrected chi connectivity index (χ2v) is 8.86. The zero-order valence-corrected chi connectivity index (χ0v) is 18.6. The molecule has 1 atom stereocenters. The number of fused-ring (bicyclic) bond motifs is 1. The van der Waals surface area contributed by atoms with Crippen molar-refractivity contribution in [1.29, 1.82) is 0 Å². The first-order valence-electron chi connectivity index (χ1n) is 9.35. The average Bonchev–Trinajstić information content (AvgIpc) is 3.16. The Morgan fingerprint density at radius 2 is 2.03 bits per heavy atom. The number of rotatable bonds is 6. The highest BCUT2D eigenvalue weighted by molar-refractivity contribution is 9.10.